The van der Waals surface area contributed by atoms with Gasteiger partial charge in [0.05, 0.1) is 39.5 Å². The first kappa shape index (κ1) is 26.8. The third-order valence-electron chi connectivity index (χ3n) is 5.55. The quantitative estimate of drug-likeness (QED) is 0.304. The molecule has 1 unspecified atom stereocenters. The molecule has 4 aromatic rings. The number of nitriles is 1. The molecule has 4 rings (SSSR count). The van der Waals surface area contributed by atoms with E-state index in [-0.39, 0.29) is 39.5 Å². The summed E-state index contributed by atoms with van der Waals surface area (Å²) in [5.74, 6) is -1.69. The van der Waals surface area contributed by atoms with E-state index < -0.39 is 33.8 Å². The molecule has 3 N–H and O–H groups in total. The van der Waals surface area contributed by atoms with Gasteiger partial charge in [0.2, 0.25) is 10.0 Å². The molecule has 14 heteroatoms. The molecule has 0 aliphatic heterocycles. The SMILES string of the molecule is Cn1nc(NS(C)(=O)=O)c2c(Cl)ccc(-c3cc(C#N)cnc3C(Cc3cc(F)cc(F)c3)NC(=O)O)c21. The molecule has 2 heterocycles. The Hall–Kier alpha value is -4.28. The number of hydrogen-bond donors (Lipinski definition) is 3. The van der Waals surface area contributed by atoms with E-state index in [1.165, 1.54) is 23.0 Å². The molecule has 0 saturated heterocycles. The average Bonchev–Trinajstić information content (AvgIpc) is 3.12. The maximum absolute atomic E-state index is 13.9. The summed E-state index contributed by atoms with van der Waals surface area (Å²) in [5.41, 5.74) is 1.54. The first-order valence-electron chi connectivity index (χ1n) is 10.8. The predicted octanol–water partition coefficient (Wildman–Crippen LogP) is 4.36. The molecule has 2 aromatic carbocycles. The smallest absolute Gasteiger partial charge is 0.405 e. The summed E-state index contributed by atoms with van der Waals surface area (Å²) >= 11 is 6.41. The van der Waals surface area contributed by atoms with Crippen molar-refractivity contribution in [1.82, 2.24) is 20.1 Å². The number of nitrogens with one attached hydrogen (secondary N) is 2. The summed E-state index contributed by atoms with van der Waals surface area (Å²) < 4.78 is 55.2. The number of carbonyl (C=O) groups is 1. The number of pyridine rings is 1. The largest absolute Gasteiger partial charge is 0.465 e. The third kappa shape index (κ3) is 5.66. The van der Waals surface area contributed by atoms with Crippen LogP contribution in [0.1, 0.15) is 22.9 Å². The molecule has 1 atom stereocenters. The van der Waals surface area contributed by atoms with Crippen molar-refractivity contribution in [2.45, 2.75) is 12.5 Å². The van der Waals surface area contributed by atoms with E-state index in [1.54, 1.807) is 13.1 Å². The molecule has 0 aliphatic rings. The fourth-order valence-corrected chi connectivity index (χ4v) is 4.94. The molecule has 38 heavy (non-hydrogen) atoms. The number of benzene rings is 2. The van der Waals surface area contributed by atoms with Crippen molar-refractivity contribution in [3.05, 3.63) is 76.1 Å². The number of aryl methyl sites for hydroxylation is 1. The van der Waals surface area contributed by atoms with Crippen LogP contribution >= 0.6 is 11.6 Å². The highest BCUT2D eigenvalue weighted by Gasteiger charge is 2.25. The second-order valence-corrected chi connectivity index (χ2v) is 10.6. The van der Waals surface area contributed by atoms with Crippen LogP contribution in [0.15, 0.2) is 42.6 Å². The number of aromatic nitrogens is 3. The Morgan fingerprint density at radius 3 is 2.50 bits per heavy atom. The third-order valence-corrected chi connectivity index (χ3v) is 6.43. The van der Waals surface area contributed by atoms with Crippen LogP contribution in [0.5, 0.6) is 0 Å². The van der Waals surface area contributed by atoms with Crippen LogP contribution in [0.4, 0.5) is 19.4 Å². The molecule has 0 radical (unpaired) electrons. The van der Waals surface area contributed by atoms with Gasteiger partial charge in [-0.2, -0.15) is 10.4 Å². The van der Waals surface area contributed by atoms with Crippen LogP contribution in [-0.2, 0) is 23.5 Å². The molecule has 10 nitrogen and oxygen atoms in total. The van der Waals surface area contributed by atoms with Crippen molar-refractivity contribution >= 4 is 44.4 Å². The zero-order valence-electron chi connectivity index (χ0n) is 19.8. The first-order chi connectivity index (χ1) is 17.9. The van der Waals surface area contributed by atoms with Gasteiger partial charge < -0.3 is 10.4 Å². The lowest BCUT2D eigenvalue weighted by Crippen LogP contribution is -2.29. The summed E-state index contributed by atoms with van der Waals surface area (Å²) in [6.45, 7) is 0. The zero-order valence-corrected chi connectivity index (χ0v) is 21.4. The molecule has 0 fully saturated rings. The monoisotopic (exact) mass is 560 g/mol. The molecular weight excluding hydrogens is 542 g/mol. The van der Waals surface area contributed by atoms with Gasteiger partial charge in [0.1, 0.15) is 17.7 Å². The summed E-state index contributed by atoms with van der Waals surface area (Å²) in [5, 5.41) is 26.1. The molecule has 1 amide bonds. The van der Waals surface area contributed by atoms with E-state index in [0.717, 1.165) is 18.4 Å². The van der Waals surface area contributed by atoms with Crippen LogP contribution in [0.3, 0.4) is 0 Å². The van der Waals surface area contributed by atoms with Gasteiger partial charge in [-0.3, -0.25) is 14.4 Å². The van der Waals surface area contributed by atoms with Gasteiger partial charge in [0.25, 0.3) is 0 Å². The second kappa shape index (κ2) is 10.2. The van der Waals surface area contributed by atoms with Gasteiger partial charge in [-0.15, -0.1) is 0 Å². The number of hydrogen-bond acceptors (Lipinski definition) is 6. The number of carboxylic acid groups (broad SMARTS) is 1. The topological polar surface area (TPSA) is 150 Å². The van der Waals surface area contributed by atoms with E-state index in [2.05, 4.69) is 20.1 Å². The van der Waals surface area contributed by atoms with E-state index in [1.807, 2.05) is 6.07 Å². The van der Waals surface area contributed by atoms with Crippen molar-refractivity contribution in [2.75, 3.05) is 11.0 Å². The summed E-state index contributed by atoms with van der Waals surface area (Å²) in [4.78, 5) is 16.0. The lowest BCUT2D eigenvalue weighted by atomic mass is 9.93. The average molecular weight is 561 g/mol. The van der Waals surface area contributed by atoms with Crippen LogP contribution in [0.2, 0.25) is 5.02 Å². The number of amides is 1. The van der Waals surface area contributed by atoms with Crippen molar-refractivity contribution in [3.8, 4) is 17.2 Å². The molecule has 0 spiro atoms. The van der Waals surface area contributed by atoms with Crippen molar-refractivity contribution < 1.29 is 27.1 Å². The number of fused-ring (bicyclic) bond motifs is 1. The van der Waals surface area contributed by atoms with Gasteiger partial charge in [-0.25, -0.2) is 22.0 Å². The highest BCUT2D eigenvalue weighted by Crippen LogP contribution is 2.40. The Morgan fingerprint density at radius 2 is 1.89 bits per heavy atom. The fraction of sp³-hybridized carbons (Fsp3) is 0.167. The first-order valence-corrected chi connectivity index (χ1v) is 13.1. The number of halogens is 3. The van der Waals surface area contributed by atoms with Gasteiger partial charge in [0, 0.05) is 30.4 Å². The van der Waals surface area contributed by atoms with Crippen LogP contribution in [0, 0.1) is 23.0 Å². The minimum Gasteiger partial charge on any atom is -0.465 e. The second-order valence-electron chi connectivity index (χ2n) is 8.42. The minimum absolute atomic E-state index is 0.0294. The van der Waals surface area contributed by atoms with Crippen molar-refractivity contribution in [1.29, 1.82) is 5.26 Å². The Balaban J connectivity index is 1.97. The van der Waals surface area contributed by atoms with E-state index in [9.17, 15) is 32.4 Å². The molecule has 196 valence electrons. The number of rotatable bonds is 7. The molecule has 0 bridgehead atoms. The molecule has 2 aromatic heterocycles. The van der Waals surface area contributed by atoms with Crippen LogP contribution < -0.4 is 10.0 Å². The summed E-state index contributed by atoms with van der Waals surface area (Å²) in [7, 11) is -2.16. The summed E-state index contributed by atoms with van der Waals surface area (Å²) in [6, 6.07) is 8.31. The maximum Gasteiger partial charge on any atom is 0.405 e. The fourth-order valence-electron chi connectivity index (χ4n) is 4.20. The van der Waals surface area contributed by atoms with Crippen LogP contribution in [0.25, 0.3) is 22.0 Å². The Labute approximate surface area is 220 Å². The highest BCUT2D eigenvalue weighted by molar-refractivity contribution is 7.92. The molecule has 0 saturated carbocycles. The van der Waals surface area contributed by atoms with Gasteiger partial charge in [-0.1, -0.05) is 17.7 Å². The number of sulfonamides is 1. The van der Waals surface area contributed by atoms with Gasteiger partial charge >= 0.3 is 6.09 Å². The summed E-state index contributed by atoms with van der Waals surface area (Å²) in [6.07, 6.45) is 0.622. The van der Waals surface area contributed by atoms with Crippen molar-refractivity contribution in [2.24, 2.45) is 7.05 Å². The minimum atomic E-state index is -3.71. The van der Waals surface area contributed by atoms with E-state index in [4.69, 9.17) is 11.6 Å². The maximum atomic E-state index is 13.9. The number of anilines is 1. The molecular formula is C24H19ClF2N6O4S. The Kier molecular flexibility index (Phi) is 7.21. The number of nitrogens with zero attached hydrogens (tertiary/aromatic N) is 4. The Bertz CT molecular complexity index is 1720. The van der Waals surface area contributed by atoms with Gasteiger partial charge in [-0.05, 0) is 36.2 Å². The van der Waals surface area contributed by atoms with E-state index in [0.29, 0.717) is 22.7 Å². The highest BCUT2D eigenvalue weighted by atomic mass is 35.5. The Morgan fingerprint density at radius 1 is 1.21 bits per heavy atom. The zero-order chi connectivity index (χ0) is 27.8. The molecule has 0 aliphatic carbocycles. The van der Waals surface area contributed by atoms with Crippen LogP contribution in [-0.4, -0.2) is 40.6 Å². The predicted molar refractivity (Wildman–Crippen MR) is 136 cm³/mol. The lowest BCUT2D eigenvalue weighted by molar-refractivity contribution is 0.189. The normalized spacial score (nSPS) is 12.2. The van der Waals surface area contributed by atoms with Crippen molar-refractivity contribution in [3.63, 3.8) is 0 Å². The van der Waals surface area contributed by atoms with E-state index >= 15 is 0 Å². The van der Waals surface area contributed by atoms with Gasteiger partial charge in [0.15, 0.2) is 5.82 Å². The standard InChI is InChI=1S/C24H19ClF2N6O4S/c1-33-22-16(3-4-18(25)20(22)23(31-33)32-38(2,36)37)17-7-13(10-28)11-29-21(17)19(30-24(34)35)8-12-5-14(26)9-15(27)6-12/h3-7,9,11,19,30H,8H2,1-2H3,(H,31,32)(H,34,35). The lowest BCUT2D eigenvalue weighted by Gasteiger charge is -2.21.